The number of nitrogens with one attached hydrogen (secondary N) is 1. The van der Waals surface area contributed by atoms with Crippen molar-refractivity contribution < 1.29 is 0 Å². The Bertz CT molecular complexity index is 129. The second-order valence-electron chi connectivity index (χ2n) is 3.84. The van der Waals surface area contributed by atoms with Crippen LogP contribution in [0.4, 0.5) is 0 Å². The van der Waals surface area contributed by atoms with Crippen molar-refractivity contribution in [1.82, 2.24) is 5.32 Å². The second kappa shape index (κ2) is 2.21. The first-order valence-corrected chi connectivity index (χ1v) is 4.31. The Morgan fingerprint density at radius 2 is 2.20 bits per heavy atom. The molecule has 0 bridgehead atoms. The topological polar surface area (TPSA) is 48.0 Å². The van der Waals surface area contributed by atoms with E-state index in [1.807, 2.05) is 0 Å². The molecule has 1 spiro atoms. The molecule has 0 aromatic heterocycles. The van der Waals surface area contributed by atoms with Gasteiger partial charge in [0.25, 0.3) is 0 Å². The van der Waals surface area contributed by atoms with Gasteiger partial charge in [-0.05, 0) is 19.3 Å². The Balaban J connectivity index is 1.96. The third-order valence-electron chi connectivity index (χ3n) is 2.81. The van der Waals surface area contributed by atoms with Crippen LogP contribution in [0.3, 0.4) is 0 Å². The van der Waals surface area contributed by atoms with Crippen LogP contribution in [0.1, 0.15) is 32.1 Å². The van der Waals surface area contributed by atoms with Gasteiger partial charge in [0.1, 0.15) is 0 Å². The lowest BCUT2D eigenvalue weighted by Crippen LogP contribution is -2.27. The smallest absolute Gasteiger partial charge is 0.0321 e. The summed E-state index contributed by atoms with van der Waals surface area (Å²) in [6, 6.07) is 0.470. The summed E-state index contributed by atoms with van der Waals surface area (Å²) in [5, 5.41) is 3.44. The number of hydrogen-bond acceptors (Lipinski definition) is 2. The Morgan fingerprint density at radius 1 is 1.40 bits per heavy atom. The molecular weight excluding hydrogens is 124 g/mol. The van der Waals surface area contributed by atoms with Crippen molar-refractivity contribution in [1.29, 1.82) is 0 Å². The Labute approximate surface area is 62.2 Å². The van der Waals surface area contributed by atoms with Crippen LogP contribution >= 0.6 is 0 Å². The zero-order chi connectivity index (χ0) is 7.03. The number of hydrogen-bond donors (Lipinski definition) is 2. The van der Waals surface area contributed by atoms with E-state index in [4.69, 9.17) is 5.73 Å². The molecule has 1 aliphatic heterocycles. The van der Waals surface area contributed by atoms with E-state index in [1.54, 1.807) is 0 Å². The first-order valence-electron chi connectivity index (χ1n) is 4.31. The molecule has 2 fully saturated rings. The maximum absolute atomic E-state index is 5.91. The van der Waals surface area contributed by atoms with E-state index in [9.17, 15) is 0 Å². The van der Waals surface area contributed by atoms with Gasteiger partial charge in [0.05, 0.1) is 0 Å². The van der Waals surface area contributed by atoms with Crippen LogP contribution < -0.4 is 11.1 Å². The second-order valence-corrected chi connectivity index (χ2v) is 3.84. The van der Waals surface area contributed by atoms with E-state index >= 15 is 0 Å². The van der Waals surface area contributed by atoms with Crippen molar-refractivity contribution >= 4 is 0 Å². The highest BCUT2D eigenvalue weighted by molar-refractivity contribution is 5.06. The molecular formula is C8H16N2. The van der Waals surface area contributed by atoms with Crippen LogP contribution in [0.25, 0.3) is 0 Å². The molecule has 0 amide bonds. The van der Waals surface area contributed by atoms with Crippen LogP contribution in [0.2, 0.25) is 0 Å². The highest BCUT2D eigenvalue weighted by Gasteiger charge is 2.43. The normalized spacial score (nSPS) is 47.1. The minimum atomic E-state index is 0.470. The number of rotatable bonds is 0. The molecule has 0 aromatic carbocycles. The first kappa shape index (κ1) is 6.62. The Hall–Kier alpha value is -0.0800. The summed E-state index contributed by atoms with van der Waals surface area (Å²) in [6.45, 7) is 1.22. The SMILES string of the molecule is NC1CCCCC2(CN2)C1. The molecule has 2 atom stereocenters. The van der Waals surface area contributed by atoms with Crippen molar-refractivity contribution in [3.05, 3.63) is 0 Å². The monoisotopic (exact) mass is 140 g/mol. The maximum atomic E-state index is 5.91. The Kier molecular flexibility index (Phi) is 1.46. The van der Waals surface area contributed by atoms with Crippen LogP contribution in [0, 0.1) is 0 Å². The molecule has 2 unspecified atom stereocenters. The average molecular weight is 140 g/mol. The van der Waals surface area contributed by atoms with Gasteiger partial charge in [-0.3, -0.25) is 0 Å². The van der Waals surface area contributed by atoms with Crippen LogP contribution in [-0.4, -0.2) is 18.1 Å². The van der Waals surface area contributed by atoms with E-state index in [1.165, 1.54) is 38.6 Å². The lowest BCUT2D eigenvalue weighted by Gasteiger charge is -2.12. The quantitative estimate of drug-likeness (QED) is 0.484. The first-order chi connectivity index (χ1) is 4.81. The standard InChI is InChI=1S/C8H16N2/c9-7-3-1-2-4-8(5-7)6-10-8/h7,10H,1-6,9H2. The zero-order valence-corrected chi connectivity index (χ0v) is 6.40. The van der Waals surface area contributed by atoms with Gasteiger partial charge in [-0.15, -0.1) is 0 Å². The van der Waals surface area contributed by atoms with E-state index < -0.39 is 0 Å². The fourth-order valence-corrected chi connectivity index (χ4v) is 2.02. The van der Waals surface area contributed by atoms with Crippen LogP contribution in [0.15, 0.2) is 0 Å². The van der Waals surface area contributed by atoms with Gasteiger partial charge in [-0.25, -0.2) is 0 Å². The van der Waals surface area contributed by atoms with Gasteiger partial charge in [0.2, 0.25) is 0 Å². The van der Waals surface area contributed by atoms with Crippen molar-refractivity contribution in [3.63, 3.8) is 0 Å². The fourth-order valence-electron chi connectivity index (χ4n) is 2.02. The predicted molar refractivity (Wildman–Crippen MR) is 41.8 cm³/mol. The Morgan fingerprint density at radius 3 is 2.90 bits per heavy atom. The highest BCUT2D eigenvalue weighted by Crippen LogP contribution is 2.33. The minimum Gasteiger partial charge on any atom is -0.328 e. The van der Waals surface area contributed by atoms with Crippen molar-refractivity contribution in [2.45, 2.75) is 43.7 Å². The molecule has 1 aliphatic carbocycles. The molecule has 3 N–H and O–H groups in total. The summed E-state index contributed by atoms with van der Waals surface area (Å²) in [6.07, 6.45) is 6.53. The van der Waals surface area contributed by atoms with E-state index in [-0.39, 0.29) is 0 Å². The van der Waals surface area contributed by atoms with Crippen molar-refractivity contribution in [3.8, 4) is 0 Å². The summed E-state index contributed by atoms with van der Waals surface area (Å²) in [5.41, 5.74) is 6.42. The average Bonchev–Trinajstić information content (AvgIpc) is 2.64. The molecule has 2 rings (SSSR count). The molecule has 10 heavy (non-hydrogen) atoms. The molecule has 1 heterocycles. The van der Waals surface area contributed by atoms with E-state index in [0.29, 0.717) is 11.6 Å². The molecule has 1 saturated heterocycles. The summed E-state index contributed by atoms with van der Waals surface area (Å²) in [5.74, 6) is 0. The zero-order valence-electron chi connectivity index (χ0n) is 6.40. The largest absolute Gasteiger partial charge is 0.328 e. The highest BCUT2D eigenvalue weighted by atomic mass is 15.2. The van der Waals surface area contributed by atoms with Gasteiger partial charge in [0.15, 0.2) is 0 Å². The predicted octanol–water partition coefficient (Wildman–Crippen LogP) is 0.620. The maximum Gasteiger partial charge on any atom is 0.0321 e. The fraction of sp³-hybridized carbons (Fsp3) is 1.00. The van der Waals surface area contributed by atoms with Gasteiger partial charge < -0.3 is 11.1 Å². The van der Waals surface area contributed by atoms with Crippen LogP contribution in [0.5, 0.6) is 0 Å². The van der Waals surface area contributed by atoms with Gasteiger partial charge >= 0.3 is 0 Å². The molecule has 2 nitrogen and oxygen atoms in total. The third kappa shape index (κ3) is 1.18. The molecule has 2 aliphatic rings. The van der Waals surface area contributed by atoms with Crippen LogP contribution in [-0.2, 0) is 0 Å². The molecule has 0 radical (unpaired) electrons. The molecule has 1 saturated carbocycles. The molecule has 2 heteroatoms. The van der Waals surface area contributed by atoms with E-state index in [0.717, 1.165) is 0 Å². The molecule has 58 valence electrons. The molecule has 0 aromatic rings. The lowest BCUT2D eigenvalue weighted by atomic mass is 9.99. The van der Waals surface area contributed by atoms with Crippen molar-refractivity contribution in [2.75, 3.05) is 6.54 Å². The minimum absolute atomic E-state index is 0.470. The summed E-state index contributed by atoms with van der Waals surface area (Å²) in [7, 11) is 0. The summed E-state index contributed by atoms with van der Waals surface area (Å²) < 4.78 is 0. The van der Waals surface area contributed by atoms with Gasteiger partial charge in [-0.1, -0.05) is 12.8 Å². The third-order valence-corrected chi connectivity index (χ3v) is 2.81. The van der Waals surface area contributed by atoms with Gasteiger partial charge in [0, 0.05) is 18.1 Å². The summed E-state index contributed by atoms with van der Waals surface area (Å²) in [4.78, 5) is 0. The van der Waals surface area contributed by atoms with Gasteiger partial charge in [-0.2, -0.15) is 0 Å². The van der Waals surface area contributed by atoms with Crippen molar-refractivity contribution in [2.24, 2.45) is 5.73 Å². The lowest BCUT2D eigenvalue weighted by molar-refractivity contribution is 0.499. The summed E-state index contributed by atoms with van der Waals surface area (Å²) >= 11 is 0. The van der Waals surface area contributed by atoms with E-state index in [2.05, 4.69) is 5.32 Å². The number of nitrogens with two attached hydrogens (primary N) is 1.